The van der Waals surface area contributed by atoms with E-state index in [1.54, 1.807) is 30.3 Å². The zero-order valence-electron chi connectivity index (χ0n) is 8.01. The molecule has 5 heteroatoms. The van der Waals surface area contributed by atoms with Gasteiger partial charge >= 0.3 is 0 Å². The largest absolute Gasteiger partial charge is 0.275 e. The lowest BCUT2D eigenvalue weighted by Gasteiger charge is -1.97. The fourth-order valence-corrected chi connectivity index (χ4v) is 1.33. The highest BCUT2D eigenvalue weighted by molar-refractivity contribution is 5.96. The van der Waals surface area contributed by atoms with Gasteiger partial charge in [-0.3, -0.25) is 14.0 Å². The van der Waals surface area contributed by atoms with Gasteiger partial charge in [-0.1, -0.05) is 0 Å². The Morgan fingerprint density at radius 1 is 1.50 bits per heavy atom. The predicted octanol–water partition coefficient (Wildman–Crippen LogP) is 0.614. The third-order valence-corrected chi connectivity index (χ3v) is 1.98. The molecule has 5 nitrogen and oxygen atoms in total. The number of aromatic nitrogens is 4. The van der Waals surface area contributed by atoms with Gasteiger partial charge in [0.05, 0.1) is 11.3 Å². The second-order valence-electron chi connectivity index (χ2n) is 3.08. The van der Waals surface area contributed by atoms with Crippen LogP contribution < -0.4 is 0 Å². The van der Waals surface area contributed by atoms with E-state index >= 15 is 0 Å². The van der Waals surface area contributed by atoms with Gasteiger partial charge in [-0.05, 0) is 6.92 Å². The van der Waals surface area contributed by atoms with Crippen molar-refractivity contribution in [3.63, 3.8) is 0 Å². The zero-order valence-corrected chi connectivity index (χ0v) is 8.01. The van der Waals surface area contributed by atoms with Crippen LogP contribution in [0.4, 0.5) is 0 Å². The molecular formula is C9H10N4O. The molecule has 2 aromatic rings. The van der Waals surface area contributed by atoms with Crippen molar-refractivity contribution in [3.8, 4) is 0 Å². The van der Waals surface area contributed by atoms with Crippen molar-refractivity contribution in [1.29, 1.82) is 0 Å². The van der Waals surface area contributed by atoms with Gasteiger partial charge in [-0.15, -0.1) is 0 Å². The van der Waals surface area contributed by atoms with Gasteiger partial charge in [-0.2, -0.15) is 5.10 Å². The molecule has 0 saturated heterocycles. The third-order valence-electron chi connectivity index (χ3n) is 1.98. The van der Waals surface area contributed by atoms with Crippen LogP contribution in [0.3, 0.4) is 0 Å². The topological polar surface area (TPSA) is 52.7 Å². The quantitative estimate of drug-likeness (QED) is 0.662. The summed E-state index contributed by atoms with van der Waals surface area (Å²) in [5.74, 6) is -0.104. The minimum atomic E-state index is -0.104. The molecule has 0 fully saturated rings. The van der Waals surface area contributed by atoms with E-state index in [9.17, 15) is 4.79 Å². The Balaban J connectivity index is 2.41. The van der Waals surface area contributed by atoms with Gasteiger partial charge in [-0.25, -0.2) is 4.98 Å². The molecule has 0 spiro atoms. The fourth-order valence-electron chi connectivity index (χ4n) is 1.33. The summed E-state index contributed by atoms with van der Waals surface area (Å²) in [5.41, 5.74) is 1.33. The summed E-state index contributed by atoms with van der Waals surface area (Å²) in [6.45, 7) is 1.81. The van der Waals surface area contributed by atoms with Gasteiger partial charge in [0.25, 0.3) is 5.91 Å². The number of hydrogen-bond acceptors (Lipinski definition) is 3. The van der Waals surface area contributed by atoms with Crippen molar-refractivity contribution in [3.05, 3.63) is 36.2 Å². The van der Waals surface area contributed by atoms with Crippen LogP contribution in [0.25, 0.3) is 0 Å². The molecule has 0 radical (unpaired) electrons. The van der Waals surface area contributed by atoms with E-state index in [4.69, 9.17) is 0 Å². The van der Waals surface area contributed by atoms with Crippen LogP contribution >= 0.6 is 0 Å². The molecule has 0 saturated carbocycles. The molecule has 0 amide bonds. The number of imidazole rings is 1. The Kier molecular flexibility index (Phi) is 1.92. The van der Waals surface area contributed by atoms with Crippen molar-refractivity contribution in [1.82, 2.24) is 19.3 Å². The molecule has 0 aromatic carbocycles. The molecule has 0 aliphatic rings. The molecule has 2 heterocycles. The number of aryl methyl sites for hydroxylation is 2. The summed E-state index contributed by atoms with van der Waals surface area (Å²) >= 11 is 0. The van der Waals surface area contributed by atoms with E-state index < -0.39 is 0 Å². The maximum absolute atomic E-state index is 11.8. The molecule has 0 bridgehead atoms. The second-order valence-corrected chi connectivity index (χ2v) is 3.08. The number of carbonyl (C=O) groups is 1. The van der Waals surface area contributed by atoms with Crippen molar-refractivity contribution < 1.29 is 4.79 Å². The van der Waals surface area contributed by atoms with E-state index in [1.165, 1.54) is 10.9 Å². The molecular weight excluding hydrogens is 180 g/mol. The van der Waals surface area contributed by atoms with E-state index in [0.29, 0.717) is 5.56 Å². The lowest BCUT2D eigenvalue weighted by atomic mass is 10.2. The Morgan fingerprint density at radius 2 is 2.29 bits per heavy atom. The van der Waals surface area contributed by atoms with Crippen molar-refractivity contribution in [2.75, 3.05) is 0 Å². The van der Waals surface area contributed by atoms with Crippen molar-refractivity contribution in [2.24, 2.45) is 7.05 Å². The maximum Gasteiger partial charge on any atom is 0.266 e. The molecule has 14 heavy (non-hydrogen) atoms. The summed E-state index contributed by atoms with van der Waals surface area (Å²) in [7, 11) is 1.79. The summed E-state index contributed by atoms with van der Waals surface area (Å²) in [4.78, 5) is 15.6. The lowest BCUT2D eigenvalue weighted by molar-refractivity contribution is 0.0959. The second kappa shape index (κ2) is 3.10. The minimum absolute atomic E-state index is 0.104. The van der Waals surface area contributed by atoms with Crippen LogP contribution in [0.1, 0.15) is 16.1 Å². The van der Waals surface area contributed by atoms with E-state index in [0.717, 1.165) is 5.69 Å². The monoisotopic (exact) mass is 190 g/mol. The summed E-state index contributed by atoms with van der Waals surface area (Å²) in [6, 6.07) is 0. The van der Waals surface area contributed by atoms with Crippen LogP contribution in [0.5, 0.6) is 0 Å². The molecule has 0 atom stereocenters. The fraction of sp³-hybridized carbons (Fsp3) is 0.222. The van der Waals surface area contributed by atoms with Crippen molar-refractivity contribution in [2.45, 2.75) is 6.92 Å². The first-order valence-electron chi connectivity index (χ1n) is 4.21. The highest BCUT2D eigenvalue weighted by Crippen LogP contribution is 2.06. The SMILES string of the molecule is Cc1nn(C)cc1C(=O)n1ccnc1. The van der Waals surface area contributed by atoms with E-state index in [1.807, 2.05) is 6.92 Å². The summed E-state index contributed by atoms with van der Waals surface area (Å²) in [5, 5.41) is 4.10. The third kappa shape index (κ3) is 1.32. The Bertz CT molecular complexity index is 455. The molecule has 0 unspecified atom stereocenters. The van der Waals surface area contributed by atoms with Crippen molar-refractivity contribution >= 4 is 5.91 Å². The molecule has 2 aromatic heterocycles. The average molecular weight is 190 g/mol. The molecule has 72 valence electrons. The Morgan fingerprint density at radius 3 is 2.79 bits per heavy atom. The Labute approximate surface area is 81.0 Å². The van der Waals surface area contributed by atoms with Crippen LogP contribution in [0, 0.1) is 6.92 Å². The van der Waals surface area contributed by atoms with E-state index in [2.05, 4.69) is 10.1 Å². The summed E-state index contributed by atoms with van der Waals surface area (Å²) in [6.07, 6.45) is 6.38. The predicted molar refractivity (Wildman–Crippen MR) is 49.9 cm³/mol. The van der Waals surface area contributed by atoms with Crippen LogP contribution in [0.2, 0.25) is 0 Å². The van der Waals surface area contributed by atoms with Gasteiger partial charge in [0.2, 0.25) is 0 Å². The smallest absolute Gasteiger partial charge is 0.266 e. The van der Waals surface area contributed by atoms with Crippen LogP contribution in [-0.4, -0.2) is 25.2 Å². The first kappa shape index (κ1) is 8.68. The standard InChI is InChI=1S/C9H10N4O/c1-7-8(5-12(2)11-7)9(14)13-4-3-10-6-13/h3-6H,1-2H3. The van der Waals surface area contributed by atoms with Crippen LogP contribution in [-0.2, 0) is 7.05 Å². The number of hydrogen-bond donors (Lipinski definition) is 0. The van der Waals surface area contributed by atoms with Crippen LogP contribution in [0.15, 0.2) is 24.9 Å². The zero-order chi connectivity index (χ0) is 10.1. The van der Waals surface area contributed by atoms with Gasteiger partial charge in [0.15, 0.2) is 0 Å². The first-order valence-corrected chi connectivity index (χ1v) is 4.21. The van der Waals surface area contributed by atoms with E-state index in [-0.39, 0.29) is 5.91 Å². The molecule has 2 rings (SSSR count). The highest BCUT2D eigenvalue weighted by Gasteiger charge is 2.13. The van der Waals surface area contributed by atoms with Gasteiger partial charge in [0.1, 0.15) is 6.33 Å². The molecule has 0 aliphatic heterocycles. The normalized spacial score (nSPS) is 10.4. The van der Waals surface area contributed by atoms with Gasteiger partial charge < -0.3 is 0 Å². The molecule has 0 aliphatic carbocycles. The number of nitrogens with zero attached hydrogens (tertiary/aromatic N) is 4. The number of rotatable bonds is 1. The maximum atomic E-state index is 11.8. The van der Waals surface area contributed by atoms with Gasteiger partial charge in [0, 0.05) is 25.6 Å². The molecule has 0 N–H and O–H groups in total. The average Bonchev–Trinajstić information content (AvgIpc) is 2.73. The number of carbonyl (C=O) groups excluding carboxylic acids is 1. The Hall–Kier alpha value is -1.91. The minimum Gasteiger partial charge on any atom is -0.275 e. The first-order chi connectivity index (χ1) is 6.68. The summed E-state index contributed by atoms with van der Waals surface area (Å²) < 4.78 is 3.06. The lowest BCUT2D eigenvalue weighted by Crippen LogP contribution is -2.10. The highest BCUT2D eigenvalue weighted by atomic mass is 16.2.